The van der Waals surface area contributed by atoms with Crippen LogP contribution in [0.4, 0.5) is 5.69 Å². The number of halogens is 2. The average molecular weight is 358 g/mol. The molecule has 0 aliphatic heterocycles. The van der Waals surface area contributed by atoms with Crippen LogP contribution in [0.3, 0.4) is 0 Å². The van der Waals surface area contributed by atoms with Gasteiger partial charge in [-0.2, -0.15) is 0 Å². The molecule has 2 rings (SSSR count). The highest BCUT2D eigenvalue weighted by atomic mass is 35.5. The molecule has 3 N–H and O–H groups in total. The third-order valence-corrected chi connectivity index (χ3v) is 4.98. The van der Waals surface area contributed by atoms with Crippen LogP contribution in [0.2, 0.25) is 10.0 Å². The Balaban J connectivity index is 1.91. The minimum atomic E-state index is -0.276. The summed E-state index contributed by atoms with van der Waals surface area (Å²) in [5.41, 5.74) is 6.27. The fourth-order valence-electron chi connectivity index (χ4n) is 2.99. The number of hydrogen-bond acceptors (Lipinski definition) is 3. The van der Waals surface area contributed by atoms with Crippen LogP contribution >= 0.6 is 23.2 Å². The van der Waals surface area contributed by atoms with Gasteiger partial charge < -0.3 is 16.0 Å². The molecule has 0 radical (unpaired) electrons. The van der Waals surface area contributed by atoms with E-state index in [4.69, 9.17) is 28.9 Å². The number of benzene rings is 1. The highest BCUT2D eigenvalue weighted by molar-refractivity contribution is 6.42. The number of nitrogens with two attached hydrogens (primary N) is 1. The second-order valence-electron chi connectivity index (χ2n) is 5.90. The van der Waals surface area contributed by atoms with E-state index in [1.807, 2.05) is 0 Å². The summed E-state index contributed by atoms with van der Waals surface area (Å²) < 4.78 is 0. The van der Waals surface area contributed by atoms with Crippen LogP contribution in [0.5, 0.6) is 0 Å². The third kappa shape index (κ3) is 4.59. The summed E-state index contributed by atoms with van der Waals surface area (Å²) >= 11 is 11.7. The third-order valence-electron chi connectivity index (χ3n) is 4.24. The molecule has 0 aromatic heterocycles. The van der Waals surface area contributed by atoms with Crippen molar-refractivity contribution in [2.75, 3.05) is 25.5 Å². The number of nitrogens with zero attached hydrogens (tertiary/aromatic N) is 1. The fraction of sp³-hybridized carbons (Fsp3) is 0.500. The highest BCUT2D eigenvalue weighted by Gasteiger charge is 2.34. The molecule has 126 valence electrons. The lowest BCUT2D eigenvalue weighted by molar-refractivity contribution is -0.137. The fourth-order valence-corrected chi connectivity index (χ4v) is 3.29. The van der Waals surface area contributed by atoms with E-state index in [0.717, 1.165) is 19.3 Å². The minimum absolute atomic E-state index is 0.00707. The van der Waals surface area contributed by atoms with Crippen molar-refractivity contribution in [2.45, 2.75) is 19.3 Å². The van der Waals surface area contributed by atoms with Gasteiger partial charge >= 0.3 is 0 Å². The summed E-state index contributed by atoms with van der Waals surface area (Å²) in [6.07, 6.45) is 2.84. The van der Waals surface area contributed by atoms with Crippen molar-refractivity contribution in [3.8, 4) is 0 Å². The summed E-state index contributed by atoms with van der Waals surface area (Å²) in [6, 6.07) is 4.85. The molecule has 2 atom stereocenters. The van der Waals surface area contributed by atoms with E-state index in [9.17, 15) is 9.59 Å². The standard InChI is InChI=1S/C16H21Cl2N3O2/c1-21(16(23)12-4-2-3-10(12)8-19)9-15(22)20-11-5-6-13(17)14(18)7-11/h5-7,10,12H,2-4,8-9,19H2,1H3,(H,20,22)/t10-,12-/m1/s1. The number of anilines is 1. The van der Waals surface area contributed by atoms with Crippen molar-refractivity contribution in [3.05, 3.63) is 28.2 Å². The molecule has 0 bridgehead atoms. The van der Waals surface area contributed by atoms with Gasteiger partial charge in [-0.15, -0.1) is 0 Å². The number of carbonyl (C=O) groups excluding carboxylic acids is 2. The lowest BCUT2D eigenvalue weighted by Gasteiger charge is -2.24. The zero-order chi connectivity index (χ0) is 17.0. The monoisotopic (exact) mass is 357 g/mol. The SMILES string of the molecule is CN(CC(=O)Nc1ccc(Cl)c(Cl)c1)C(=O)[C@@H]1CCC[C@@H]1CN. The maximum Gasteiger partial charge on any atom is 0.243 e. The van der Waals surface area contributed by atoms with Gasteiger partial charge in [0.2, 0.25) is 11.8 Å². The van der Waals surface area contributed by atoms with Gasteiger partial charge in [-0.25, -0.2) is 0 Å². The predicted molar refractivity (Wildman–Crippen MR) is 92.6 cm³/mol. The number of rotatable bonds is 5. The van der Waals surface area contributed by atoms with Crippen molar-refractivity contribution < 1.29 is 9.59 Å². The van der Waals surface area contributed by atoms with Gasteiger partial charge in [0, 0.05) is 18.7 Å². The molecule has 5 nitrogen and oxygen atoms in total. The zero-order valence-corrected chi connectivity index (χ0v) is 14.5. The van der Waals surface area contributed by atoms with E-state index in [1.165, 1.54) is 4.90 Å². The number of likely N-dealkylation sites (N-methyl/N-ethyl adjacent to an activating group) is 1. The first kappa shape index (κ1) is 18.0. The highest BCUT2D eigenvalue weighted by Crippen LogP contribution is 2.32. The zero-order valence-electron chi connectivity index (χ0n) is 13.0. The van der Waals surface area contributed by atoms with Crippen LogP contribution in [0.15, 0.2) is 18.2 Å². The Morgan fingerprint density at radius 2 is 2.04 bits per heavy atom. The Bertz CT molecular complexity index is 595. The van der Waals surface area contributed by atoms with Gasteiger partial charge in [0.1, 0.15) is 0 Å². The summed E-state index contributed by atoms with van der Waals surface area (Å²) in [5.74, 6) is -0.130. The van der Waals surface area contributed by atoms with Crippen LogP contribution in [-0.2, 0) is 9.59 Å². The van der Waals surface area contributed by atoms with E-state index in [-0.39, 0.29) is 30.2 Å². The Morgan fingerprint density at radius 1 is 1.30 bits per heavy atom. The van der Waals surface area contributed by atoms with Gasteiger partial charge in [0.05, 0.1) is 16.6 Å². The molecular weight excluding hydrogens is 337 g/mol. The first-order valence-electron chi connectivity index (χ1n) is 7.62. The molecule has 7 heteroatoms. The van der Waals surface area contributed by atoms with Crippen molar-refractivity contribution in [1.82, 2.24) is 4.90 Å². The summed E-state index contributed by atoms with van der Waals surface area (Å²) in [7, 11) is 1.64. The molecular formula is C16H21Cl2N3O2. The molecule has 23 heavy (non-hydrogen) atoms. The smallest absolute Gasteiger partial charge is 0.243 e. The molecule has 1 aromatic rings. The van der Waals surface area contributed by atoms with Crippen LogP contribution in [0.25, 0.3) is 0 Å². The van der Waals surface area contributed by atoms with Crippen molar-refractivity contribution in [1.29, 1.82) is 0 Å². The normalized spacial score (nSPS) is 20.3. The van der Waals surface area contributed by atoms with E-state index < -0.39 is 0 Å². The maximum atomic E-state index is 12.5. The molecule has 1 aliphatic rings. The molecule has 1 saturated carbocycles. The quantitative estimate of drug-likeness (QED) is 0.850. The molecule has 1 aromatic carbocycles. The number of amides is 2. The van der Waals surface area contributed by atoms with Crippen molar-refractivity contribution >= 4 is 40.7 Å². The van der Waals surface area contributed by atoms with E-state index in [0.29, 0.717) is 22.3 Å². The van der Waals surface area contributed by atoms with Crippen molar-refractivity contribution in [3.63, 3.8) is 0 Å². The van der Waals surface area contributed by atoms with Gasteiger partial charge in [0.15, 0.2) is 0 Å². The summed E-state index contributed by atoms with van der Waals surface area (Å²) in [5, 5.41) is 3.50. The lowest BCUT2D eigenvalue weighted by atomic mass is 9.95. The first-order chi connectivity index (χ1) is 10.9. The number of carbonyl (C=O) groups is 2. The lowest BCUT2D eigenvalue weighted by Crippen LogP contribution is -2.40. The molecule has 1 fully saturated rings. The molecule has 2 amide bonds. The van der Waals surface area contributed by atoms with Crippen molar-refractivity contribution in [2.24, 2.45) is 17.6 Å². The van der Waals surface area contributed by atoms with E-state index in [2.05, 4.69) is 5.32 Å². The van der Waals surface area contributed by atoms with Crippen LogP contribution < -0.4 is 11.1 Å². The second-order valence-corrected chi connectivity index (χ2v) is 6.72. The summed E-state index contributed by atoms with van der Waals surface area (Å²) in [4.78, 5) is 26.0. The van der Waals surface area contributed by atoms with Gasteiger partial charge in [-0.3, -0.25) is 9.59 Å². The molecule has 1 aliphatic carbocycles. The second kappa shape index (κ2) is 7.99. The van der Waals surface area contributed by atoms with Gasteiger partial charge in [-0.1, -0.05) is 29.6 Å². The number of hydrogen-bond donors (Lipinski definition) is 2. The average Bonchev–Trinajstić information content (AvgIpc) is 2.98. The van der Waals surface area contributed by atoms with Gasteiger partial charge in [-0.05, 0) is 43.5 Å². The topological polar surface area (TPSA) is 75.4 Å². The minimum Gasteiger partial charge on any atom is -0.336 e. The van der Waals surface area contributed by atoms with Crippen LogP contribution in [0.1, 0.15) is 19.3 Å². The molecule has 0 heterocycles. The van der Waals surface area contributed by atoms with E-state index in [1.54, 1.807) is 25.2 Å². The largest absolute Gasteiger partial charge is 0.336 e. The Hall–Kier alpha value is -1.30. The molecule has 0 saturated heterocycles. The Labute approximate surface area is 146 Å². The molecule has 0 unspecified atom stereocenters. The Kier molecular flexibility index (Phi) is 6.27. The van der Waals surface area contributed by atoms with E-state index >= 15 is 0 Å². The van der Waals surface area contributed by atoms with Crippen LogP contribution in [-0.4, -0.2) is 36.9 Å². The molecule has 0 spiro atoms. The predicted octanol–water partition coefficient (Wildman–Crippen LogP) is 2.77. The summed E-state index contributed by atoms with van der Waals surface area (Å²) in [6.45, 7) is 0.507. The maximum absolute atomic E-state index is 12.5. The number of nitrogens with one attached hydrogen (secondary N) is 1. The Morgan fingerprint density at radius 3 is 2.70 bits per heavy atom. The first-order valence-corrected chi connectivity index (χ1v) is 8.38. The van der Waals surface area contributed by atoms with Gasteiger partial charge in [0.25, 0.3) is 0 Å². The van der Waals surface area contributed by atoms with Crippen LogP contribution in [0, 0.1) is 11.8 Å².